The molecule has 0 fully saturated rings. The first-order chi connectivity index (χ1) is 20.3. The van der Waals surface area contributed by atoms with Crippen molar-refractivity contribution in [3.63, 3.8) is 0 Å². The van der Waals surface area contributed by atoms with Crippen LogP contribution in [-0.4, -0.2) is 63.2 Å². The highest BCUT2D eigenvalue weighted by molar-refractivity contribution is 5.96. The molecule has 1 aromatic heterocycles. The standard InChI is InChI=1S/C23H26N6O.2C2HF3O2/c1-2-28-23(30)20-14-29(12-16-4-3-5-18(11-16)22(26)27)13-19(20)10-15-6-8-17(9-7-15)21(24)25;2*3-2(4,5)1(6)7/h3-9,11,13-14H,2,10,12H2,1H3,(H3,24,25)(H3,26,27)(H,28,30);2*(H,6,7). The molecule has 0 bridgehead atoms. The molecule has 0 unspecified atom stereocenters. The molecule has 0 aliphatic carbocycles. The summed E-state index contributed by atoms with van der Waals surface area (Å²) in [5, 5.41) is 32.3. The number of nitrogens with one attached hydrogen (secondary N) is 3. The Morgan fingerprint density at radius 1 is 0.818 bits per heavy atom. The number of nitrogens with zero attached hydrogens (tertiary/aromatic N) is 1. The van der Waals surface area contributed by atoms with E-state index in [1.165, 1.54) is 0 Å². The van der Waals surface area contributed by atoms with E-state index in [-0.39, 0.29) is 17.6 Å². The lowest BCUT2D eigenvalue weighted by Gasteiger charge is -2.06. The van der Waals surface area contributed by atoms with Gasteiger partial charge >= 0.3 is 24.3 Å². The minimum atomic E-state index is -5.08. The normalized spacial score (nSPS) is 10.8. The predicted molar refractivity (Wildman–Crippen MR) is 147 cm³/mol. The van der Waals surface area contributed by atoms with E-state index in [1.54, 1.807) is 6.07 Å². The molecule has 0 aliphatic heterocycles. The Morgan fingerprint density at radius 2 is 1.32 bits per heavy atom. The molecule has 17 heteroatoms. The second-order valence-electron chi connectivity index (χ2n) is 8.74. The number of amides is 1. The van der Waals surface area contributed by atoms with Crippen molar-refractivity contribution in [3.8, 4) is 0 Å². The third-order valence-corrected chi connectivity index (χ3v) is 5.29. The summed E-state index contributed by atoms with van der Waals surface area (Å²) in [4.78, 5) is 30.4. The van der Waals surface area contributed by atoms with Crippen molar-refractivity contribution in [2.75, 3.05) is 6.54 Å². The summed E-state index contributed by atoms with van der Waals surface area (Å²) in [7, 11) is 0. The topological polar surface area (TPSA) is 208 Å². The quantitative estimate of drug-likeness (QED) is 0.111. The number of amidine groups is 2. The number of carbonyl (C=O) groups is 3. The molecule has 238 valence electrons. The monoisotopic (exact) mass is 630 g/mol. The smallest absolute Gasteiger partial charge is 0.475 e. The number of aromatic nitrogens is 1. The van der Waals surface area contributed by atoms with E-state index >= 15 is 0 Å². The van der Waals surface area contributed by atoms with Crippen LogP contribution in [0, 0.1) is 10.8 Å². The van der Waals surface area contributed by atoms with Crippen molar-refractivity contribution in [1.29, 1.82) is 10.8 Å². The number of aliphatic carboxylic acids is 2. The molecular weight excluding hydrogens is 602 g/mol. The van der Waals surface area contributed by atoms with E-state index < -0.39 is 24.3 Å². The van der Waals surface area contributed by atoms with Gasteiger partial charge < -0.3 is 31.6 Å². The van der Waals surface area contributed by atoms with Crippen LogP contribution in [-0.2, 0) is 22.6 Å². The van der Waals surface area contributed by atoms with Crippen LogP contribution in [0.25, 0.3) is 0 Å². The highest BCUT2D eigenvalue weighted by Crippen LogP contribution is 2.19. The van der Waals surface area contributed by atoms with Gasteiger partial charge in [-0.1, -0.05) is 42.5 Å². The molecule has 2 aromatic carbocycles. The zero-order chi connectivity index (χ0) is 33.8. The highest BCUT2D eigenvalue weighted by Gasteiger charge is 2.38. The van der Waals surface area contributed by atoms with Gasteiger partial charge in [-0.15, -0.1) is 0 Å². The Bertz CT molecular complexity index is 1460. The zero-order valence-corrected chi connectivity index (χ0v) is 22.9. The van der Waals surface area contributed by atoms with Gasteiger partial charge in [-0.05, 0) is 36.1 Å². The third kappa shape index (κ3) is 12.3. The molecule has 0 aliphatic rings. The maximum atomic E-state index is 12.6. The van der Waals surface area contributed by atoms with Gasteiger partial charge in [0.05, 0.1) is 5.56 Å². The number of hydrogen-bond donors (Lipinski definition) is 7. The zero-order valence-electron chi connectivity index (χ0n) is 22.9. The predicted octanol–water partition coefficient (Wildman–Crippen LogP) is 3.71. The molecule has 3 rings (SSSR count). The summed E-state index contributed by atoms with van der Waals surface area (Å²) in [5.41, 5.74) is 16.0. The molecule has 0 spiro atoms. The molecule has 44 heavy (non-hydrogen) atoms. The highest BCUT2D eigenvalue weighted by atomic mass is 19.4. The van der Waals surface area contributed by atoms with Crippen LogP contribution in [0.5, 0.6) is 0 Å². The van der Waals surface area contributed by atoms with Crippen LogP contribution < -0.4 is 16.8 Å². The number of nitrogens with two attached hydrogens (primary N) is 2. The minimum absolute atomic E-state index is 0.0297. The van der Waals surface area contributed by atoms with Crippen LogP contribution in [0.15, 0.2) is 60.9 Å². The fraction of sp³-hybridized carbons (Fsp3) is 0.222. The average Bonchev–Trinajstić information content (AvgIpc) is 3.30. The molecule has 11 nitrogen and oxygen atoms in total. The summed E-state index contributed by atoms with van der Waals surface area (Å²) < 4.78 is 65.4. The molecule has 0 radical (unpaired) electrons. The molecule has 0 saturated carbocycles. The summed E-state index contributed by atoms with van der Waals surface area (Å²) in [6.07, 6.45) is -5.75. The van der Waals surface area contributed by atoms with Gasteiger partial charge in [0.2, 0.25) is 0 Å². The number of hydrogen-bond acceptors (Lipinski definition) is 5. The van der Waals surface area contributed by atoms with E-state index in [0.29, 0.717) is 36.2 Å². The number of carboxylic acid groups (broad SMARTS) is 2. The Labute approximate surface area is 246 Å². The van der Waals surface area contributed by atoms with Crippen molar-refractivity contribution >= 4 is 29.5 Å². The second-order valence-corrected chi connectivity index (χ2v) is 8.74. The number of rotatable bonds is 8. The van der Waals surface area contributed by atoms with Crippen LogP contribution in [0.3, 0.4) is 0 Å². The Kier molecular flexibility index (Phi) is 13.1. The van der Waals surface area contributed by atoms with Crippen molar-refractivity contribution in [2.24, 2.45) is 11.5 Å². The maximum absolute atomic E-state index is 12.6. The van der Waals surface area contributed by atoms with Gasteiger partial charge in [-0.2, -0.15) is 26.3 Å². The molecule has 9 N–H and O–H groups in total. The van der Waals surface area contributed by atoms with Gasteiger partial charge in [0.15, 0.2) is 0 Å². The SMILES string of the molecule is CCNC(=O)c1cn(Cc2cccc(C(=N)N)c2)cc1Cc1ccc(C(=N)N)cc1.O=C(O)C(F)(F)F.O=C(O)C(F)(F)F. The van der Waals surface area contributed by atoms with Crippen LogP contribution >= 0.6 is 0 Å². The summed E-state index contributed by atoms with van der Waals surface area (Å²) in [6.45, 7) is 3.01. The van der Waals surface area contributed by atoms with Crippen molar-refractivity contribution in [1.82, 2.24) is 9.88 Å². The first-order valence-corrected chi connectivity index (χ1v) is 12.2. The Balaban J connectivity index is 0.000000574. The lowest BCUT2D eigenvalue weighted by molar-refractivity contribution is -0.193. The molecule has 1 heterocycles. The van der Waals surface area contributed by atoms with E-state index in [0.717, 1.165) is 16.7 Å². The van der Waals surface area contributed by atoms with Gasteiger partial charge in [0, 0.05) is 36.6 Å². The van der Waals surface area contributed by atoms with Gasteiger partial charge in [-0.3, -0.25) is 15.6 Å². The Hall–Kier alpha value is -5.35. The third-order valence-electron chi connectivity index (χ3n) is 5.29. The molecule has 0 atom stereocenters. The summed E-state index contributed by atoms with van der Waals surface area (Å²) in [5.74, 6) is -5.56. The van der Waals surface area contributed by atoms with Crippen LogP contribution in [0.1, 0.15) is 45.1 Å². The van der Waals surface area contributed by atoms with E-state index in [2.05, 4.69) is 5.32 Å². The van der Waals surface area contributed by atoms with E-state index in [4.69, 9.17) is 42.1 Å². The fourth-order valence-corrected chi connectivity index (χ4v) is 3.32. The van der Waals surface area contributed by atoms with E-state index in [9.17, 15) is 31.1 Å². The first kappa shape index (κ1) is 36.7. The number of nitrogen functional groups attached to an aromatic ring is 2. The number of halogens is 6. The van der Waals surface area contributed by atoms with Gasteiger partial charge in [-0.25, -0.2) is 9.59 Å². The van der Waals surface area contributed by atoms with Crippen LogP contribution in [0.2, 0.25) is 0 Å². The van der Waals surface area contributed by atoms with Crippen LogP contribution in [0.4, 0.5) is 26.3 Å². The van der Waals surface area contributed by atoms with Crippen molar-refractivity contribution in [2.45, 2.75) is 32.2 Å². The second kappa shape index (κ2) is 15.8. The minimum Gasteiger partial charge on any atom is -0.475 e. The maximum Gasteiger partial charge on any atom is 0.490 e. The summed E-state index contributed by atoms with van der Waals surface area (Å²) in [6, 6.07) is 15.0. The lowest BCUT2D eigenvalue weighted by Crippen LogP contribution is -2.23. The largest absolute Gasteiger partial charge is 0.490 e. The molecular formula is C27H28F6N6O5. The van der Waals surface area contributed by atoms with Crippen molar-refractivity contribution < 1.29 is 50.9 Å². The van der Waals surface area contributed by atoms with Gasteiger partial charge in [0.1, 0.15) is 11.7 Å². The fourth-order valence-electron chi connectivity index (χ4n) is 3.32. The number of benzene rings is 2. The van der Waals surface area contributed by atoms with E-state index in [1.807, 2.05) is 66.3 Å². The number of alkyl halides is 6. The molecule has 3 aromatic rings. The molecule has 0 saturated heterocycles. The lowest BCUT2D eigenvalue weighted by atomic mass is 10.0. The van der Waals surface area contributed by atoms with Gasteiger partial charge in [0.25, 0.3) is 5.91 Å². The molecule has 1 amide bonds. The summed E-state index contributed by atoms with van der Waals surface area (Å²) >= 11 is 0. The average molecular weight is 631 g/mol. The Morgan fingerprint density at radius 3 is 1.75 bits per heavy atom. The number of carbonyl (C=O) groups excluding carboxylic acids is 1. The first-order valence-electron chi connectivity index (χ1n) is 12.2. The number of carboxylic acids is 2. The van der Waals surface area contributed by atoms with Crippen molar-refractivity contribution in [3.05, 3.63) is 94.3 Å².